The van der Waals surface area contributed by atoms with E-state index < -0.39 is 0 Å². The molecule has 0 aromatic carbocycles. The van der Waals surface area contributed by atoms with Crippen molar-refractivity contribution in [2.45, 2.75) is 39.2 Å². The first-order chi connectivity index (χ1) is 7.29. The quantitative estimate of drug-likeness (QED) is 0.680. The summed E-state index contributed by atoms with van der Waals surface area (Å²) in [6.07, 6.45) is 3.84. The van der Waals surface area contributed by atoms with Gasteiger partial charge in [0, 0.05) is 19.2 Å². The number of nitrogens with one attached hydrogen (secondary N) is 1. The second-order valence-electron chi connectivity index (χ2n) is 4.64. The maximum Gasteiger partial charge on any atom is 0.0591 e. The largest absolute Gasteiger partial charge is 0.380 e. The van der Waals surface area contributed by atoms with Gasteiger partial charge in [-0.05, 0) is 36.7 Å². The van der Waals surface area contributed by atoms with Crippen LogP contribution in [0.5, 0.6) is 0 Å². The lowest BCUT2D eigenvalue weighted by molar-refractivity contribution is 0.123. The van der Waals surface area contributed by atoms with E-state index in [2.05, 4.69) is 30.9 Å². The average Bonchev–Trinajstić information content (AvgIpc) is 2.24. The van der Waals surface area contributed by atoms with Crippen LogP contribution >= 0.6 is 11.8 Å². The molecule has 1 heterocycles. The normalized spacial score (nSPS) is 18.6. The average molecular weight is 231 g/mol. The van der Waals surface area contributed by atoms with E-state index >= 15 is 0 Å². The van der Waals surface area contributed by atoms with Crippen molar-refractivity contribution in [3.63, 3.8) is 0 Å². The van der Waals surface area contributed by atoms with Crippen LogP contribution < -0.4 is 5.32 Å². The molecule has 0 bridgehead atoms. The molecule has 3 heteroatoms. The maximum absolute atomic E-state index is 5.57. The van der Waals surface area contributed by atoms with Gasteiger partial charge in [0.1, 0.15) is 0 Å². The summed E-state index contributed by atoms with van der Waals surface area (Å²) in [6, 6.07) is 0.750. The van der Waals surface area contributed by atoms with E-state index in [1.807, 2.05) is 0 Å². The van der Waals surface area contributed by atoms with E-state index in [0.717, 1.165) is 31.7 Å². The van der Waals surface area contributed by atoms with Crippen molar-refractivity contribution in [3.8, 4) is 0 Å². The molecule has 15 heavy (non-hydrogen) atoms. The zero-order valence-corrected chi connectivity index (χ0v) is 10.9. The lowest BCUT2D eigenvalue weighted by atomic mass is 10.1. The highest BCUT2D eigenvalue weighted by molar-refractivity contribution is 7.99. The fourth-order valence-electron chi connectivity index (χ4n) is 1.66. The van der Waals surface area contributed by atoms with E-state index in [9.17, 15) is 0 Å². The fraction of sp³-hybridized carbons (Fsp3) is 1.00. The first-order valence-corrected chi connectivity index (χ1v) is 7.33. The summed E-state index contributed by atoms with van der Waals surface area (Å²) in [7, 11) is 0. The van der Waals surface area contributed by atoms with Gasteiger partial charge in [-0.3, -0.25) is 0 Å². The molecule has 2 nitrogen and oxygen atoms in total. The third-order valence-electron chi connectivity index (χ3n) is 2.74. The van der Waals surface area contributed by atoms with Crippen molar-refractivity contribution < 1.29 is 4.74 Å². The van der Waals surface area contributed by atoms with Crippen molar-refractivity contribution in [2.75, 3.05) is 31.3 Å². The number of ether oxygens (including phenoxy) is 1. The van der Waals surface area contributed by atoms with Crippen LogP contribution in [0.4, 0.5) is 0 Å². The molecule has 0 amide bonds. The Balaban J connectivity index is 1.83. The van der Waals surface area contributed by atoms with Gasteiger partial charge in [-0.1, -0.05) is 13.8 Å². The Labute approximate surface area is 98.5 Å². The predicted octanol–water partition coefficient (Wildman–Crippen LogP) is 2.53. The molecule has 90 valence electrons. The zero-order chi connectivity index (χ0) is 10.9. The van der Waals surface area contributed by atoms with Crippen LogP contribution in [0.25, 0.3) is 0 Å². The number of hydrogen-bond acceptors (Lipinski definition) is 3. The highest BCUT2D eigenvalue weighted by Gasteiger charge is 2.11. The first kappa shape index (κ1) is 13.3. The van der Waals surface area contributed by atoms with Crippen LogP contribution in [0.1, 0.15) is 33.1 Å². The lowest BCUT2D eigenvalue weighted by Gasteiger charge is -2.22. The molecule has 0 unspecified atom stereocenters. The molecule has 1 aliphatic rings. The molecule has 0 atom stereocenters. The molecule has 0 aromatic heterocycles. The van der Waals surface area contributed by atoms with Crippen LogP contribution in [0.15, 0.2) is 0 Å². The Morgan fingerprint density at radius 2 is 2.00 bits per heavy atom. The Morgan fingerprint density at radius 1 is 1.27 bits per heavy atom. The molecule has 0 aromatic rings. The van der Waals surface area contributed by atoms with Crippen LogP contribution in [-0.4, -0.2) is 37.3 Å². The molecule has 1 rings (SSSR count). The van der Waals surface area contributed by atoms with Gasteiger partial charge in [-0.15, -0.1) is 0 Å². The Kier molecular flexibility index (Phi) is 7.49. The van der Waals surface area contributed by atoms with E-state index in [1.54, 1.807) is 0 Å². The maximum atomic E-state index is 5.57. The van der Waals surface area contributed by atoms with Crippen LogP contribution in [0.2, 0.25) is 0 Å². The van der Waals surface area contributed by atoms with Gasteiger partial charge in [0.05, 0.1) is 6.61 Å². The van der Waals surface area contributed by atoms with E-state index in [-0.39, 0.29) is 0 Å². The highest BCUT2D eigenvalue weighted by Crippen LogP contribution is 2.16. The lowest BCUT2D eigenvalue weighted by Crippen LogP contribution is -2.34. The monoisotopic (exact) mass is 231 g/mol. The SMILES string of the molecule is CC(C)CCOCCNC1CCSCC1. The van der Waals surface area contributed by atoms with E-state index in [0.29, 0.717) is 0 Å². The van der Waals surface area contributed by atoms with Gasteiger partial charge in [0.25, 0.3) is 0 Å². The molecule has 1 N–H and O–H groups in total. The van der Waals surface area contributed by atoms with Crippen LogP contribution in [0.3, 0.4) is 0 Å². The molecule has 1 aliphatic heterocycles. The third kappa shape index (κ3) is 7.20. The summed E-state index contributed by atoms with van der Waals surface area (Å²) in [5.41, 5.74) is 0. The summed E-state index contributed by atoms with van der Waals surface area (Å²) in [5.74, 6) is 3.41. The van der Waals surface area contributed by atoms with Gasteiger partial charge in [0.2, 0.25) is 0 Å². The molecule has 0 spiro atoms. The Morgan fingerprint density at radius 3 is 2.67 bits per heavy atom. The van der Waals surface area contributed by atoms with E-state index in [4.69, 9.17) is 4.74 Å². The Bertz CT molecular complexity index is 147. The number of thioether (sulfide) groups is 1. The van der Waals surface area contributed by atoms with Crippen molar-refractivity contribution in [1.82, 2.24) is 5.32 Å². The minimum absolute atomic E-state index is 0.750. The van der Waals surface area contributed by atoms with Gasteiger partial charge in [0.15, 0.2) is 0 Å². The number of rotatable bonds is 7. The van der Waals surface area contributed by atoms with Crippen molar-refractivity contribution in [2.24, 2.45) is 5.92 Å². The highest BCUT2D eigenvalue weighted by atomic mass is 32.2. The summed E-state index contributed by atoms with van der Waals surface area (Å²) in [5, 5.41) is 3.57. The smallest absolute Gasteiger partial charge is 0.0591 e. The molecular weight excluding hydrogens is 206 g/mol. The fourth-order valence-corrected chi connectivity index (χ4v) is 2.76. The van der Waals surface area contributed by atoms with Crippen molar-refractivity contribution in [3.05, 3.63) is 0 Å². The second kappa shape index (κ2) is 8.43. The predicted molar refractivity (Wildman–Crippen MR) is 68.6 cm³/mol. The zero-order valence-electron chi connectivity index (χ0n) is 10.1. The molecule has 0 aliphatic carbocycles. The Hall–Kier alpha value is 0.270. The molecule has 1 saturated heterocycles. The molecular formula is C12H25NOS. The molecule has 0 saturated carbocycles. The topological polar surface area (TPSA) is 21.3 Å². The molecule has 0 radical (unpaired) electrons. The summed E-state index contributed by atoms with van der Waals surface area (Å²) < 4.78 is 5.57. The summed E-state index contributed by atoms with van der Waals surface area (Å²) >= 11 is 2.08. The minimum Gasteiger partial charge on any atom is -0.380 e. The van der Waals surface area contributed by atoms with Gasteiger partial charge in [-0.25, -0.2) is 0 Å². The van der Waals surface area contributed by atoms with Crippen molar-refractivity contribution in [1.29, 1.82) is 0 Å². The van der Waals surface area contributed by atoms with Crippen LogP contribution in [0, 0.1) is 5.92 Å². The van der Waals surface area contributed by atoms with Gasteiger partial charge in [-0.2, -0.15) is 11.8 Å². The van der Waals surface area contributed by atoms with Gasteiger partial charge < -0.3 is 10.1 Å². The second-order valence-corrected chi connectivity index (χ2v) is 5.86. The summed E-state index contributed by atoms with van der Waals surface area (Å²) in [4.78, 5) is 0. The first-order valence-electron chi connectivity index (χ1n) is 6.18. The standard InChI is InChI=1S/C12H25NOS/c1-11(2)3-7-14-8-6-13-12-4-9-15-10-5-12/h11-13H,3-10H2,1-2H3. The minimum atomic E-state index is 0.750. The van der Waals surface area contributed by atoms with E-state index in [1.165, 1.54) is 30.8 Å². The van der Waals surface area contributed by atoms with Gasteiger partial charge >= 0.3 is 0 Å². The third-order valence-corrected chi connectivity index (χ3v) is 3.79. The molecule has 1 fully saturated rings. The van der Waals surface area contributed by atoms with Crippen molar-refractivity contribution >= 4 is 11.8 Å². The van der Waals surface area contributed by atoms with Crippen LogP contribution in [-0.2, 0) is 4.74 Å². The summed E-state index contributed by atoms with van der Waals surface area (Å²) in [6.45, 7) is 7.28. The number of hydrogen-bond donors (Lipinski definition) is 1.